The number of rotatable bonds is 0. The van der Waals surface area contributed by atoms with E-state index in [1.165, 1.54) is 12.8 Å². The molecule has 3 heteroatoms. The Labute approximate surface area is 90.6 Å². The van der Waals surface area contributed by atoms with Crippen molar-refractivity contribution in [3.05, 3.63) is 0 Å². The third-order valence-electron chi connectivity index (χ3n) is 5.52. The zero-order valence-electron chi connectivity index (χ0n) is 9.67. The van der Waals surface area contributed by atoms with E-state index < -0.39 is 0 Å². The molecular formula is C12H19NO2. The highest BCUT2D eigenvalue weighted by atomic mass is 16.5. The Kier molecular flexibility index (Phi) is 1.65. The Morgan fingerprint density at radius 3 is 2.87 bits per heavy atom. The third kappa shape index (κ3) is 0.930. The molecule has 4 atom stereocenters. The van der Waals surface area contributed by atoms with Gasteiger partial charge in [0.05, 0.1) is 12.6 Å². The summed E-state index contributed by atoms with van der Waals surface area (Å²) in [6.07, 6.45) is 2.59. The molecule has 0 unspecified atom stereocenters. The van der Waals surface area contributed by atoms with Gasteiger partial charge in [-0.2, -0.15) is 0 Å². The summed E-state index contributed by atoms with van der Waals surface area (Å²) < 4.78 is 5.54. The molecule has 1 aliphatic heterocycles. The monoisotopic (exact) mass is 209 g/mol. The fourth-order valence-electron chi connectivity index (χ4n) is 4.17. The van der Waals surface area contributed by atoms with Gasteiger partial charge in [-0.3, -0.25) is 4.79 Å². The molecule has 2 saturated carbocycles. The second kappa shape index (κ2) is 2.57. The second-order valence-electron chi connectivity index (χ2n) is 6.10. The smallest absolute Gasteiger partial charge is 0.320 e. The summed E-state index contributed by atoms with van der Waals surface area (Å²) in [5.74, 6) is 0.465. The minimum Gasteiger partial charge on any atom is -0.459 e. The van der Waals surface area contributed by atoms with Gasteiger partial charge in [-0.25, -0.2) is 0 Å². The molecular weight excluding hydrogens is 190 g/mol. The van der Waals surface area contributed by atoms with Crippen molar-refractivity contribution < 1.29 is 9.53 Å². The average Bonchev–Trinajstić information content (AvgIpc) is 2.47. The van der Waals surface area contributed by atoms with E-state index >= 15 is 0 Å². The van der Waals surface area contributed by atoms with Crippen molar-refractivity contribution in [2.24, 2.45) is 16.7 Å². The maximum Gasteiger partial charge on any atom is 0.320 e. The highest BCUT2D eigenvalue weighted by Crippen LogP contribution is 2.66. The summed E-state index contributed by atoms with van der Waals surface area (Å²) >= 11 is 0. The Morgan fingerprint density at radius 2 is 2.13 bits per heavy atom. The van der Waals surface area contributed by atoms with E-state index in [2.05, 4.69) is 26.1 Å². The van der Waals surface area contributed by atoms with Crippen molar-refractivity contribution in [2.45, 2.75) is 45.8 Å². The summed E-state index contributed by atoms with van der Waals surface area (Å²) in [5.41, 5.74) is 0.586. The van der Waals surface area contributed by atoms with Crippen LogP contribution < -0.4 is 5.32 Å². The standard InChI is InChI=1S/C12H19NO2/c1-11(2)7-4-5-12(11,3)10-9(7)15-8(14)6-13-10/h7,9-10,13H,4-6H2,1-3H3/t7-,9-,10-,12+/m1/s1. The van der Waals surface area contributed by atoms with Crippen molar-refractivity contribution in [3.63, 3.8) is 0 Å². The SMILES string of the molecule is CC1(C)[C@@H]2CC[C@@]1(C)[C@@H]1NCC(=O)O[C@H]21. The molecule has 3 fully saturated rings. The zero-order valence-corrected chi connectivity index (χ0v) is 9.67. The fourth-order valence-corrected chi connectivity index (χ4v) is 4.17. The number of esters is 1. The van der Waals surface area contributed by atoms with Crippen LogP contribution in [0.25, 0.3) is 0 Å². The number of carbonyl (C=O) groups is 1. The summed E-state index contributed by atoms with van der Waals surface area (Å²) in [5, 5.41) is 3.38. The number of nitrogens with one attached hydrogen (secondary N) is 1. The van der Waals surface area contributed by atoms with Crippen molar-refractivity contribution >= 4 is 5.97 Å². The lowest BCUT2D eigenvalue weighted by atomic mass is 9.69. The van der Waals surface area contributed by atoms with E-state index in [1.54, 1.807) is 0 Å². The van der Waals surface area contributed by atoms with Crippen molar-refractivity contribution in [2.75, 3.05) is 6.54 Å². The average molecular weight is 209 g/mol. The van der Waals surface area contributed by atoms with Crippen molar-refractivity contribution in [3.8, 4) is 0 Å². The first-order chi connectivity index (χ1) is 6.97. The van der Waals surface area contributed by atoms with E-state index in [1.807, 2.05) is 0 Å². The van der Waals surface area contributed by atoms with Gasteiger partial charge < -0.3 is 10.1 Å². The van der Waals surface area contributed by atoms with E-state index in [0.717, 1.165) is 0 Å². The van der Waals surface area contributed by atoms with Crippen LogP contribution in [0.4, 0.5) is 0 Å². The lowest BCUT2D eigenvalue weighted by molar-refractivity contribution is -0.158. The van der Waals surface area contributed by atoms with Crippen LogP contribution in [0.3, 0.4) is 0 Å². The van der Waals surface area contributed by atoms with Gasteiger partial charge in [-0.1, -0.05) is 20.8 Å². The quantitative estimate of drug-likeness (QED) is 0.612. The normalized spacial score (nSPS) is 51.4. The molecule has 2 aliphatic carbocycles. The minimum atomic E-state index is -0.0804. The van der Waals surface area contributed by atoms with Crippen LogP contribution in [-0.2, 0) is 9.53 Å². The van der Waals surface area contributed by atoms with E-state index in [4.69, 9.17) is 4.74 Å². The summed E-state index contributed by atoms with van der Waals surface area (Å²) in [6.45, 7) is 7.40. The number of morpholine rings is 1. The highest BCUT2D eigenvalue weighted by Gasteiger charge is 2.68. The first-order valence-corrected chi connectivity index (χ1v) is 5.90. The molecule has 3 nitrogen and oxygen atoms in total. The molecule has 3 rings (SSSR count). The molecule has 2 bridgehead atoms. The van der Waals surface area contributed by atoms with Gasteiger partial charge in [0.15, 0.2) is 0 Å². The van der Waals surface area contributed by atoms with Gasteiger partial charge in [0.1, 0.15) is 6.10 Å². The molecule has 84 valence electrons. The van der Waals surface area contributed by atoms with Crippen LogP contribution in [0.1, 0.15) is 33.6 Å². The molecule has 0 radical (unpaired) electrons. The number of fused-ring (bicyclic) bond motifs is 5. The summed E-state index contributed by atoms with van der Waals surface area (Å²) in [6, 6.07) is 0.379. The predicted molar refractivity (Wildman–Crippen MR) is 56.3 cm³/mol. The first kappa shape index (κ1) is 9.64. The topological polar surface area (TPSA) is 38.3 Å². The van der Waals surface area contributed by atoms with Crippen molar-refractivity contribution in [1.82, 2.24) is 5.32 Å². The van der Waals surface area contributed by atoms with Gasteiger partial charge in [0.2, 0.25) is 0 Å². The Hall–Kier alpha value is -0.570. The summed E-state index contributed by atoms with van der Waals surface area (Å²) in [4.78, 5) is 11.3. The largest absolute Gasteiger partial charge is 0.459 e. The molecule has 15 heavy (non-hydrogen) atoms. The van der Waals surface area contributed by atoms with E-state index in [9.17, 15) is 4.79 Å². The van der Waals surface area contributed by atoms with Gasteiger partial charge in [-0.15, -0.1) is 0 Å². The Bertz CT molecular complexity index is 326. The number of hydrogen-bond acceptors (Lipinski definition) is 3. The first-order valence-electron chi connectivity index (χ1n) is 5.90. The summed E-state index contributed by atoms with van der Waals surface area (Å²) in [7, 11) is 0. The maximum absolute atomic E-state index is 11.3. The lowest BCUT2D eigenvalue weighted by Gasteiger charge is -2.41. The van der Waals surface area contributed by atoms with Gasteiger partial charge >= 0.3 is 5.97 Å². The van der Waals surface area contributed by atoms with Crippen LogP contribution in [0.2, 0.25) is 0 Å². The van der Waals surface area contributed by atoms with Crippen LogP contribution in [0.15, 0.2) is 0 Å². The van der Waals surface area contributed by atoms with E-state index in [0.29, 0.717) is 29.3 Å². The van der Waals surface area contributed by atoms with Crippen LogP contribution in [0, 0.1) is 16.7 Å². The molecule has 0 amide bonds. The molecule has 0 spiro atoms. The molecule has 0 aromatic rings. The van der Waals surface area contributed by atoms with Gasteiger partial charge in [0, 0.05) is 5.92 Å². The van der Waals surface area contributed by atoms with Crippen LogP contribution in [-0.4, -0.2) is 24.7 Å². The minimum absolute atomic E-state index is 0.0804. The molecule has 1 saturated heterocycles. The lowest BCUT2D eigenvalue weighted by Crippen LogP contribution is -2.56. The number of hydrogen-bond donors (Lipinski definition) is 1. The Morgan fingerprint density at radius 1 is 1.40 bits per heavy atom. The zero-order chi connectivity index (χ0) is 10.8. The fraction of sp³-hybridized carbons (Fsp3) is 0.917. The van der Waals surface area contributed by atoms with Crippen LogP contribution >= 0.6 is 0 Å². The van der Waals surface area contributed by atoms with Gasteiger partial charge in [-0.05, 0) is 23.7 Å². The van der Waals surface area contributed by atoms with Gasteiger partial charge in [0.25, 0.3) is 0 Å². The number of ether oxygens (including phenoxy) is 1. The second-order valence-corrected chi connectivity index (χ2v) is 6.10. The molecule has 1 heterocycles. The molecule has 0 aromatic heterocycles. The van der Waals surface area contributed by atoms with E-state index in [-0.39, 0.29) is 12.1 Å². The molecule has 0 aromatic carbocycles. The van der Waals surface area contributed by atoms with Crippen LogP contribution in [0.5, 0.6) is 0 Å². The highest BCUT2D eigenvalue weighted by molar-refractivity contribution is 5.73. The number of carbonyl (C=O) groups excluding carboxylic acids is 1. The predicted octanol–water partition coefficient (Wildman–Crippen LogP) is 1.33. The Balaban J connectivity index is 2.01. The third-order valence-corrected chi connectivity index (χ3v) is 5.52. The molecule has 3 aliphatic rings. The van der Waals surface area contributed by atoms with Crippen molar-refractivity contribution in [1.29, 1.82) is 0 Å². The molecule has 1 N–H and O–H groups in total. The maximum atomic E-state index is 11.3.